The number of rotatable bonds is 8. The van der Waals surface area contributed by atoms with Crippen molar-refractivity contribution in [3.05, 3.63) is 65.7 Å². The SMILES string of the molecule is CCN(CC)c1ccc(/C=N\NC(=O)[C@H](C)c2ccc3cc(OC)ccc3c2)c(O)c1. The van der Waals surface area contributed by atoms with E-state index in [9.17, 15) is 9.90 Å². The van der Waals surface area contributed by atoms with Crippen molar-refractivity contribution in [2.75, 3.05) is 25.1 Å². The minimum atomic E-state index is -0.373. The third-order valence-corrected chi connectivity index (χ3v) is 5.49. The fourth-order valence-electron chi connectivity index (χ4n) is 3.48. The zero-order chi connectivity index (χ0) is 22.4. The predicted molar refractivity (Wildman–Crippen MR) is 126 cm³/mol. The van der Waals surface area contributed by atoms with Crippen LogP contribution in [0.1, 0.15) is 37.8 Å². The number of hydrogen-bond donors (Lipinski definition) is 2. The minimum Gasteiger partial charge on any atom is -0.507 e. The highest BCUT2D eigenvalue weighted by Gasteiger charge is 2.15. The van der Waals surface area contributed by atoms with Gasteiger partial charge in [-0.25, -0.2) is 5.43 Å². The maximum Gasteiger partial charge on any atom is 0.247 e. The van der Waals surface area contributed by atoms with Gasteiger partial charge in [0.2, 0.25) is 5.91 Å². The molecule has 2 N–H and O–H groups in total. The molecule has 31 heavy (non-hydrogen) atoms. The number of nitrogens with zero attached hydrogens (tertiary/aromatic N) is 2. The lowest BCUT2D eigenvalue weighted by Gasteiger charge is -2.21. The van der Waals surface area contributed by atoms with E-state index in [0.717, 1.165) is 40.9 Å². The molecule has 0 saturated heterocycles. The number of methoxy groups -OCH3 is 1. The van der Waals surface area contributed by atoms with E-state index < -0.39 is 0 Å². The molecule has 0 unspecified atom stereocenters. The molecule has 0 radical (unpaired) electrons. The number of aromatic hydroxyl groups is 1. The van der Waals surface area contributed by atoms with Crippen LogP contribution in [0.15, 0.2) is 59.7 Å². The maximum atomic E-state index is 12.6. The maximum absolute atomic E-state index is 12.6. The first-order valence-electron chi connectivity index (χ1n) is 10.4. The summed E-state index contributed by atoms with van der Waals surface area (Å²) < 4.78 is 5.26. The number of amides is 1. The molecule has 0 fully saturated rings. The molecule has 3 aromatic rings. The summed E-state index contributed by atoms with van der Waals surface area (Å²) in [5.74, 6) is 0.333. The Kier molecular flexibility index (Phi) is 7.13. The van der Waals surface area contributed by atoms with Crippen LogP contribution in [0.2, 0.25) is 0 Å². The minimum absolute atomic E-state index is 0.125. The van der Waals surface area contributed by atoms with E-state index >= 15 is 0 Å². The van der Waals surface area contributed by atoms with Crippen LogP contribution in [0.25, 0.3) is 10.8 Å². The first kappa shape index (κ1) is 22.2. The molecule has 0 saturated carbocycles. The molecular weight excluding hydrogens is 390 g/mol. The number of hydrogen-bond acceptors (Lipinski definition) is 5. The molecule has 3 aromatic carbocycles. The van der Waals surface area contributed by atoms with Gasteiger partial charge in [0.25, 0.3) is 0 Å². The molecule has 0 aliphatic rings. The second kappa shape index (κ2) is 9.98. The Labute approximate surface area is 183 Å². The lowest BCUT2D eigenvalue weighted by Crippen LogP contribution is -2.23. The number of benzene rings is 3. The number of carbonyl (C=O) groups is 1. The Morgan fingerprint density at radius 1 is 1.10 bits per heavy atom. The molecule has 6 heteroatoms. The number of ether oxygens (including phenoxy) is 1. The standard InChI is InChI=1S/C25H29N3O3/c1-5-28(6-2)22-11-9-21(24(29)15-22)16-26-27-25(30)17(3)18-7-8-20-14-23(31-4)12-10-19(20)13-18/h7-17,29H,5-6H2,1-4H3,(H,27,30)/b26-16-/t17-/m1/s1. The van der Waals surface area contributed by atoms with Gasteiger partial charge in [-0.05, 0) is 61.4 Å². The highest BCUT2D eigenvalue weighted by molar-refractivity contribution is 5.90. The highest BCUT2D eigenvalue weighted by atomic mass is 16.5. The Bertz CT molecular complexity index is 1090. The van der Waals surface area contributed by atoms with Crippen molar-refractivity contribution in [1.29, 1.82) is 0 Å². The molecule has 1 amide bonds. The second-order valence-corrected chi connectivity index (χ2v) is 7.34. The number of phenolic OH excluding ortho intramolecular Hbond substituents is 1. The van der Waals surface area contributed by atoms with Crippen molar-refractivity contribution in [2.45, 2.75) is 26.7 Å². The zero-order valence-electron chi connectivity index (χ0n) is 18.4. The van der Waals surface area contributed by atoms with Gasteiger partial charge in [0.05, 0.1) is 19.2 Å². The van der Waals surface area contributed by atoms with E-state index in [0.29, 0.717) is 5.56 Å². The summed E-state index contributed by atoms with van der Waals surface area (Å²) in [5.41, 5.74) is 4.97. The third-order valence-electron chi connectivity index (χ3n) is 5.49. The fraction of sp³-hybridized carbons (Fsp3) is 0.280. The van der Waals surface area contributed by atoms with Gasteiger partial charge in [-0.2, -0.15) is 5.10 Å². The summed E-state index contributed by atoms with van der Waals surface area (Å²) in [6.45, 7) is 7.70. The number of nitrogens with one attached hydrogen (secondary N) is 1. The van der Waals surface area contributed by atoms with E-state index in [1.807, 2.05) is 49.4 Å². The average Bonchev–Trinajstić information content (AvgIpc) is 2.79. The van der Waals surface area contributed by atoms with Crippen LogP contribution in [0.5, 0.6) is 11.5 Å². The van der Waals surface area contributed by atoms with Crippen molar-refractivity contribution in [3.8, 4) is 11.5 Å². The van der Waals surface area contributed by atoms with Gasteiger partial charge >= 0.3 is 0 Å². The average molecular weight is 420 g/mol. The van der Waals surface area contributed by atoms with Crippen molar-refractivity contribution in [1.82, 2.24) is 5.43 Å². The summed E-state index contributed by atoms with van der Waals surface area (Å²) in [6, 6.07) is 17.2. The molecule has 1 atom stereocenters. The molecule has 0 spiro atoms. The first-order valence-corrected chi connectivity index (χ1v) is 10.4. The molecule has 0 bridgehead atoms. The van der Waals surface area contributed by atoms with Crippen LogP contribution in [0, 0.1) is 0 Å². The van der Waals surface area contributed by atoms with Gasteiger partial charge in [-0.3, -0.25) is 4.79 Å². The second-order valence-electron chi connectivity index (χ2n) is 7.34. The van der Waals surface area contributed by atoms with Crippen LogP contribution >= 0.6 is 0 Å². The quantitative estimate of drug-likeness (QED) is 0.412. The zero-order valence-corrected chi connectivity index (χ0v) is 18.4. The van der Waals surface area contributed by atoms with E-state index in [2.05, 4.69) is 29.3 Å². The van der Waals surface area contributed by atoms with Gasteiger partial charge in [-0.15, -0.1) is 0 Å². The van der Waals surface area contributed by atoms with Crippen molar-refractivity contribution < 1.29 is 14.6 Å². The lowest BCUT2D eigenvalue weighted by atomic mass is 9.97. The summed E-state index contributed by atoms with van der Waals surface area (Å²) in [4.78, 5) is 14.7. The lowest BCUT2D eigenvalue weighted by molar-refractivity contribution is -0.122. The molecule has 3 rings (SSSR count). The van der Waals surface area contributed by atoms with Gasteiger partial charge in [0.1, 0.15) is 11.5 Å². The molecule has 0 heterocycles. The number of anilines is 1. The monoisotopic (exact) mass is 419 g/mol. The van der Waals surface area contributed by atoms with Crippen LogP contribution in [-0.4, -0.2) is 37.4 Å². The predicted octanol–water partition coefficient (Wildman–Crippen LogP) is 4.65. The van der Waals surface area contributed by atoms with Gasteiger partial charge in [0.15, 0.2) is 0 Å². The van der Waals surface area contributed by atoms with Crippen LogP contribution < -0.4 is 15.1 Å². The molecule has 0 aliphatic heterocycles. The van der Waals surface area contributed by atoms with Crippen molar-refractivity contribution in [3.63, 3.8) is 0 Å². The summed E-state index contributed by atoms with van der Waals surface area (Å²) in [5, 5.41) is 16.4. The Morgan fingerprint density at radius 2 is 1.81 bits per heavy atom. The van der Waals surface area contributed by atoms with Gasteiger partial charge in [-0.1, -0.05) is 24.3 Å². The Morgan fingerprint density at radius 3 is 2.48 bits per heavy atom. The van der Waals surface area contributed by atoms with Gasteiger partial charge < -0.3 is 14.7 Å². The number of hydrazone groups is 1. The van der Waals surface area contributed by atoms with E-state index in [-0.39, 0.29) is 17.6 Å². The number of carbonyl (C=O) groups excluding carboxylic acids is 1. The molecule has 162 valence electrons. The van der Waals surface area contributed by atoms with Crippen molar-refractivity contribution in [2.24, 2.45) is 5.10 Å². The van der Waals surface area contributed by atoms with Crippen LogP contribution in [0.3, 0.4) is 0 Å². The van der Waals surface area contributed by atoms with Crippen molar-refractivity contribution >= 4 is 28.6 Å². The van der Waals surface area contributed by atoms with Gasteiger partial charge in [0, 0.05) is 30.4 Å². The van der Waals surface area contributed by atoms with E-state index in [4.69, 9.17) is 4.74 Å². The number of phenols is 1. The molecular formula is C25H29N3O3. The van der Waals surface area contributed by atoms with E-state index in [1.165, 1.54) is 6.21 Å². The Hall–Kier alpha value is -3.54. The fourth-order valence-corrected chi connectivity index (χ4v) is 3.48. The molecule has 6 nitrogen and oxygen atoms in total. The summed E-state index contributed by atoms with van der Waals surface area (Å²) >= 11 is 0. The highest BCUT2D eigenvalue weighted by Crippen LogP contribution is 2.26. The Balaban J connectivity index is 1.67. The smallest absolute Gasteiger partial charge is 0.247 e. The number of fused-ring (bicyclic) bond motifs is 1. The third kappa shape index (κ3) is 5.15. The summed E-state index contributed by atoms with van der Waals surface area (Å²) in [7, 11) is 1.64. The van der Waals surface area contributed by atoms with Crippen LogP contribution in [0.4, 0.5) is 5.69 Å². The first-order chi connectivity index (χ1) is 15.0. The molecule has 0 aliphatic carbocycles. The molecule has 0 aromatic heterocycles. The normalized spacial score (nSPS) is 12.1. The van der Waals surface area contributed by atoms with E-state index in [1.54, 1.807) is 19.2 Å². The largest absolute Gasteiger partial charge is 0.507 e. The van der Waals surface area contributed by atoms with Crippen LogP contribution in [-0.2, 0) is 4.79 Å². The topological polar surface area (TPSA) is 74.2 Å². The summed E-state index contributed by atoms with van der Waals surface area (Å²) in [6.07, 6.45) is 1.46.